The van der Waals surface area contributed by atoms with E-state index in [2.05, 4.69) is 10.2 Å². The number of hydrogen-bond acceptors (Lipinski definition) is 6. The summed E-state index contributed by atoms with van der Waals surface area (Å²) < 4.78 is 10.6. The van der Waals surface area contributed by atoms with Gasteiger partial charge in [-0.2, -0.15) is 11.8 Å². The van der Waals surface area contributed by atoms with Gasteiger partial charge in [0, 0.05) is 12.4 Å². The zero-order valence-electron chi connectivity index (χ0n) is 8.36. The Morgan fingerprint density at radius 1 is 1.43 bits per heavy atom. The van der Waals surface area contributed by atoms with Gasteiger partial charge in [-0.25, -0.2) is 0 Å². The molecule has 1 heterocycles. The number of ether oxygens (including phenoxy) is 1. The molecule has 0 N–H and O–H groups in total. The Hall–Kier alpha value is -0.200. The average Bonchev–Trinajstić information content (AvgIpc) is 2.61. The molecule has 0 atom stereocenters. The summed E-state index contributed by atoms with van der Waals surface area (Å²) in [5.41, 5.74) is 0. The van der Waals surface area contributed by atoms with Crippen LogP contribution in [0, 0.1) is 0 Å². The second-order valence-corrected chi connectivity index (χ2v) is 4.35. The Morgan fingerprint density at radius 2 is 2.29 bits per heavy atom. The van der Waals surface area contributed by atoms with Crippen molar-refractivity contribution in [2.75, 3.05) is 25.2 Å². The van der Waals surface area contributed by atoms with E-state index in [1.54, 1.807) is 11.8 Å². The fourth-order valence-electron chi connectivity index (χ4n) is 0.811. The van der Waals surface area contributed by atoms with Crippen LogP contribution in [0.1, 0.15) is 12.8 Å². The van der Waals surface area contributed by atoms with Crippen molar-refractivity contribution in [3.63, 3.8) is 0 Å². The van der Waals surface area contributed by atoms with Gasteiger partial charge in [-0.05, 0) is 13.2 Å². The molecule has 14 heavy (non-hydrogen) atoms. The molecule has 4 nitrogen and oxygen atoms in total. The first-order valence-electron chi connectivity index (χ1n) is 4.38. The summed E-state index contributed by atoms with van der Waals surface area (Å²) in [5, 5.41) is 8.45. The van der Waals surface area contributed by atoms with Crippen LogP contribution in [-0.2, 0) is 10.5 Å². The van der Waals surface area contributed by atoms with Crippen LogP contribution in [-0.4, -0.2) is 35.4 Å². The molecule has 0 aliphatic rings. The molecule has 0 fully saturated rings. The minimum atomic E-state index is 0.633. The van der Waals surface area contributed by atoms with Crippen LogP contribution in [0.3, 0.4) is 0 Å². The van der Waals surface area contributed by atoms with E-state index < -0.39 is 0 Å². The lowest BCUT2D eigenvalue weighted by molar-refractivity contribution is 0.164. The second kappa shape index (κ2) is 7.14. The Kier molecular flexibility index (Phi) is 6.05. The van der Waals surface area contributed by atoms with Crippen molar-refractivity contribution in [1.82, 2.24) is 10.2 Å². The van der Waals surface area contributed by atoms with E-state index in [0.29, 0.717) is 11.1 Å². The molecule has 1 aromatic heterocycles. The first-order valence-corrected chi connectivity index (χ1v) is 6.76. The van der Waals surface area contributed by atoms with Crippen LogP contribution in [0.15, 0.2) is 9.64 Å². The Labute approximate surface area is 92.2 Å². The molecule has 0 amide bonds. The third-order valence-corrected chi connectivity index (χ3v) is 2.69. The molecule has 6 heteroatoms. The standard InChI is InChI=1S/C8H14N2O2S2/c1-3-11-4-5-14-8-10-9-7(12-8)6-13-2/h3-6H2,1-2H3. The molecule has 0 spiro atoms. The lowest BCUT2D eigenvalue weighted by Gasteiger charge is -1.96. The molecule has 0 aliphatic carbocycles. The lowest BCUT2D eigenvalue weighted by atomic mass is 10.8. The van der Waals surface area contributed by atoms with Gasteiger partial charge < -0.3 is 9.15 Å². The van der Waals surface area contributed by atoms with Crippen molar-refractivity contribution in [1.29, 1.82) is 0 Å². The largest absolute Gasteiger partial charge is 0.415 e. The van der Waals surface area contributed by atoms with E-state index in [0.717, 1.165) is 24.7 Å². The quantitative estimate of drug-likeness (QED) is 0.531. The van der Waals surface area contributed by atoms with Gasteiger partial charge in [0.05, 0.1) is 12.4 Å². The fourth-order valence-corrected chi connectivity index (χ4v) is 1.80. The van der Waals surface area contributed by atoms with Crippen LogP contribution < -0.4 is 0 Å². The molecule has 1 aromatic rings. The van der Waals surface area contributed by atoms with Gasteiger partial charge in [-0.1, -0.05) is 11.8 Å². The normalized spacial score (nSPS) is 10.7. The highest BCUT2D eigenvalue weighted by molar-refractivity contribution is 7.99. The maximum atomic E-state index is 5.37. The highest BCUT2D eigenvalue weighted by Gasteiger charge is 2.04. The zero-order valence-corrected chi connectivity index (χ0v) is 9.99. The monoisotopic (exact) mass is 234 g/mol. The van der Waals surface area contributed by atoms with Gasteiger partial charge in [0.2, 0.25) is 5.89 Å². The second-order valence-electron chi connectivity index (χ2n) is 2.44. The SMILES string of the molecule is CCOCCSc1nnc(CSC)o1. The number of thioether (sulfide) groups is 2. The minimum Gasteiger partial charge on any atom is -0.415 e. The van der Waals surface area contributed by atoms with Crippen molar-refractivity contribution >= 4 is 23.5 Å². The van der Waals surface area contributed by atoms with Gasteiger partial charge in [0.25, 0.3) is 5.22 Å². The van der Waals surface area contributed by atoms with Crippen LogP contribution in [0.5, 0.6) is 0 Å². The summed E-state index contributed by atoms with van der Waals surface area (Å²) in [7, 11) is 0. The Balaban J connectivity index is 2.22. The molecule has 0 aliphatic heterocycles. The van der Waals surface area contributed by atoms with Crippen LogP contribution >= 0.6 is 23.5 Å². The third-order valence-electron chi connectivity index (χ3n) is 1.37. The molecule has 0 bridgehead atoms. The maximum absolute atomic E-state index is 5.37. The molecule has 0 radical (unpaired) electrons. The number of hydrogen-bond donors (Lipinski definition) is 0. The maximum Gasteiger partial charge on any atom is 0.276 e. The molecule has 0 saturated carbocycles. The van der Waals surface area contributed by atoms with E-state index in [1.807, 2.05) is 13.2 Å². The van der Waals surface area contributed by atoms with E-state index >= 15 is 0 Å². The van der Waals surface area contributed by atoms with Gasteiger partial charge in [0.1, 0.15) is 0 Å². The van der Waals surface area contributed by atoms with Crippen LogP contribution in [0.4, 0.5) is 0 Å². The third kappa shape index (κ3) is 4.34. The highest BCUT2D eigenvalue weighted by atomic mass is 32.2. The average molecular weight is 234 g/mol. The summed E-state index contributed by atoms with van der Waals surface area (Å²) >= 11 is 3.20. The predicted molar refractivity (Wildman–Crippen MR) is 58.7 cm³/mol. The first-order chi connectivity index (χ1) is 6.86. The molecule has 80 valence electrons. The number of nitrogens with zero attached hydrogens (tertiary/aromatic N) is 2. The van der Waals surface area contributed by atoms with Gasteiger partial charge in [-0.15, -0.1) is 10.2 Å². The Bertz CT molecular complexity index is 255. The highest BCUT2D eigenvalue weighted by Crippen LogP contribution is 2.17. The van der Waals surface area contributed by atoms with Crippen LogP contribution in [0.2, 0.25) is 0 Å². The summed E-state index contributed by atoms with van der Waals surface area (Å²) in [5.74, 6) is 2.32. The first kappa shape index (κ1) is 11.9. The van der Waals surface area contributed by atoms with Crippen LogP contribution in [0.25, 0.3) is 0 Å². The van der Waals surface area contributed by atoms with Gasteiger partial charge >= 0.3 is 0 Å². The fraction of sp³-hybridized carbons (Fsp3) is 0.750. The summed E-state index contributed by atoms with van der Waals surface area (Å²) in [4.78, 5) is 0. The molecule has 0 unspecified atom stereocenters. The zero-order chi connectivity index (χ0) is 10.2. The molecular formula is C8H14N2O2S2. The van der Waals surface area contributed by atoms with Crippen molar-refractivity contribution in [2.45, 2.75) is 17.9 Å². The molecule has 1 rings (SSSR count). The summed E-state index contributed by atoms with van der Waals surface area (Å²) in [6.07, 6.45) is 2.01. The van der Waals surface area contributed by atoms with Crippen molar-refractivity contribution in [2.24, 2.45) is 0 Å². The number of aromatic nitrogens is 2. The lowest BCUT2D eigenvalue weighted by Crippen LogP contribution is -1.95. The smallest absolute Gasteiger partial charge is 0.276 e. The van der Waals surface area contributed by atoms with Crippen molar-refractivity contribution < 1.29 is 9.15 Å². The van der Waals surface area contributed by atoms with Gasteiger partial charge in [-0.3, -0.25) is 0 Å². The van der Waals surface area contributed by atoms with Crippen molar-refractivity contribution in [3.05, 3.63) is 5.89 Å². The summed E-state index contributed by atoms with van der Waals surface area (Å²) in [6.45, 7) is 3.46. The topological polar surface area (TPSA) is 48.2 Å². The number of rotatable bonds is 7. The minimum absolute atomic E-state index is 0.633. The predicted octanol–water partition coefficient (Wildman–Crippen LogP) is 2.06. The van der Waals surface area contributed by atoms with Crippen molar-refractivity contribution in [3.8, 4) is 0 Å². The van der Waals surface area contributed by atoms with E-state index in [9.17, 15) is 0 Å². The van der Waals surface area contributed by atoms with Gasteiger partial charge in [0.15, 0.2) is 0 Å². The van der Waals surface area contributed by atoms with E-state index in [4.69, 9.17) is 9.15 Å². The molecular weight excluding hydrogens is 220 g/mol. The molecule has 0 aromatic carbocycles. The summed E-state index contributed by atoms with van der Waals surface area (Å²) in [6, 6.07) is 0. The van der Waals surface area contributed by atoms with E-state index in [-0.39, 0.29) is 0 Å². The Morgan fingerprint density at radius 3 is 3.00 bits per heavy atom. The molecule has 0 saturated heterocycles. The van der Waals surface area contributed by atoms with E-state index in [1.165, 1.54) is 11.8 Å².